The number of rotatable bonds is 34. The Labute approximate surface area is 597 Å². The molecule has 2 amide bonds. The summed E-state index contributed by atoms with van der Waals surface area (Å²) in [6, 6.07) is 26.4. The van der Waals surface area contributed by atoms with E-state index in [4.69, 9.17) is 44.5 Å². The maximum atomic E-state index is 14.6. The van der Waals surface area contributed by atoms with E-state index in [-0.39, 0.29) is 66.6 Å². The first-order valence-electron chi connectivity index (χ1n) is 35.6. The van der Waals surface area contributed by atoms with Crippen LogP contribution in [0.1, 0.15) is 190 Å². The summed E-state index contributed by atoms with van der Waals surface area (Å²) < 4.78 is 8.15. The molecule has 2 saturated heterocycles. The molecule has 0 spiro atoms. The molecule has 0 radical (unpaired) electrons. The average molecular weight is 1410 g/mol. The second kappa shape index (κ2) is 34.9. The van der Waals surface area contributed by atoms with Gasteiger partial charge in [0, 0.05) is 99.4 Å². The van der Waals surface area contributed by atoms with Crippen molar-refractivity contribution in [3.63, 3.8) is 0 Å². The zero-order chi connectivity index (χ0) is 70.3. The summed E-state index contributed by atoms with van der Waals surface area (Å²) in [4.78, 5) is 93.9. The molecule has 18 nitrogen and oxygen atoms in total. The maximum Gasteiger partial charge on any atom is 0.246 e. The fraction of sp³-hybridized carbons (Fsp3) is 0.500. The van der Waals surface area contributed by atoms with Gasteiger partial charge in [0.05, 0.1) is 27.4 Å². The predicted molar refractivity (Wildman–Crippen MR) is 393 cm³/mol. The SMILES string of the molecule is Cc1cc(/C=C2\CN(C(=O)[C@@H](Cc3ccccc3)NC(=O)CCCCCCCCC(=O)CCCC(=O)CCCCCNc3ncnc4c3ncn4[C@@H]3O[C@H](CN(C(C)C)C4CC(CCc5nc6ccc(C(C)(C)C)cc6[nH]5)C4)C(O)[C@@H]3O)C/C(=C\c3ccc(Cl)c(Cl)c3)C2=O)ccc1Cl. The van der Waals surface area contributed by atoms with Crippen LogP contribution in [-0.2, 0) is 47.0 Å². The van der Waals surface area contributed by atoms with Crippen LogP contribution in [0, 0.1) is 12.8 Å². The smallest absolute Gasteiger partial charge is 0.246 e. The first-order chi connectivity index (χ1) is 47.5. The highest BCUT2D eigenvalue weighted by Gasteiger charge is 2.47. The summed E-state index contributed by atoms with van der Waals surface area (Å²) in [6.45, 7) is 14.1. The minimum atomic E-state index is -1.18. The van der Waals surface area contributed by atoms with Gasteiger partial charge in [-0.05, 0) is 154 Å². The first kappa shape index (κ1) is 74.5. The van der Waals surface area contributed by atoms with Gasteiger partial charge in [-0.25, -0.2) is 19.9 Å². The second-order valence-corrected chi connectivity index (χ2v) is 29.9. The Morgan fingerprint density at radius 3 is 2.06 bits per heavy atom. The molecule has 7 aromatic rings. The van der Waals surface area contributed by atoms with Crippen LogP contribution < -0.4 is 10.6 Å². The maximum absolute atomic E-state index is 14.6. The Kier molecular flexibility index (Phi) is 26.3. The minimum Gasteiger partial charge on any atom is -0.387 e. The number of H-pyrrole nitrogens is 1. The molecular formula is C78H97Cl3N10O8. The number of aromatic nitrogens is 6. The lowest BCUT2D eigenvalue weighted by molar-refractivity contribution is -0.136. The quantitative estimate of drug-likeness (QED) is 0.0186. The van der Waals surface area contributed by atoms with Crippen LogP contribution in [0.3, 0.4) is 0 Å². The van der Waals surface area contributed by atoms with Gasteiger partial charge in [-0.1, -0.05) is 142 Å². The van der Waals surface area contributed by atoms with Crippen molar-refractivity contribution < 1.29 is 38.9 Å². The molecule has 4 aromatic carbocycles. The van der Waals surface area contributed by atoms with Gasteiger partial charge < -0.3 is 35.5 Å². The van der Waals surface area contributed by atoms with Gasteiger partial charge >= 0.3 is 0 Å². The molecule has 1 aliphatic carbocycles. The number of aliphatic hydroxyl groups is 2. The number of carbonyl (C=O) groups is 5. The number of ether oxygens (including phenoxy) is 1. The van der Waals surface area contributed by atoms with E-state index in [0.29, 0.717) is 112 Å². The number of amides is 2. The number of fused-ring (bicyclic) bond motifs is 2. The molecule has 3 aromatic heterocycles. The number of nitrogens with one attached hydrogen (secondary N) is 3. The van der Waals surface area contributed by atoms with Gasteiger partial charge in [-0.15, -0.1) is 0 Å². The highest BCUT2D eigenvalue weighted by molar-refractivity contribution is 6.42. The van der Waals surface area contributed by atoms with E-state index in [9.17, 15) is 34.2 Å². The topological polar surface area (TPSA) is 238 Å². The van der Waals surface area contributed by atoms with Crippen molar-refractivity contribution in [2.24, 2.45) is 5.92 Å². The molecule has 1 saturated carbocycles. The van der Waals surface area contributed by atoms with Crippen molar-refractivity contribution in [3.8, 4) is 0 Å². The molecule has 5 N–H and O–H groups in total. The zero-order valence-electron chi connectivity index (χ0n) is 58.1. The Hall–Kier alpha value is -7.16. The van der Waals surface area contributed by atoms with Crippen molar-refractivity contribution in [1.29, 1.82) is 0 Å². The van der Waals surface area contributed by atoms with Crippen LogP contribution in [0.15, 0.2) is 109 Å². The van der Waals surface area contributed by atoms with Crippen molar-refractivity contribution in [2.75, 3.05) is 31.5 Å². The van der Waals surface area contributed by atoms with Crippen molar-refractivity contribution in [1.82, 2.24) is 44.6 Å². The van der Waals surface area contributed by atoms with Crippen molar-refractivity contribution >= 4 is 104 Å². The number of aryl methyl sites for hydroxylation is 2. The van der Waals surface area contributed by atoms with Crippen LogP contribution in [-0.4, -0.2) is 141 Å². The normalized spacial score (nSPS) is 20.0. The lowest BCUT2D eigenvalue weighted by atomic mass is 9.76. The van der Waals surface area contributed by atoms with Gasteiger partial charge in [-0.2, -0.15) is 0 Å². The fourth-order valence-corrected chi connectivity index (χ4v) is 14.3. The van der Waals surface area contributed by atoms with E-state index < -0.39 is 30.6 Å². The summed E-state index contributed by atoms with van der Waals surface area (Å²) in [5.41, 5.74) is 8.47. The first-order valence-corrected chi connectivity index (χ1v) is 36.7. The number of aromatic amines is 1. The van der Waals surface area contributed by atoms with E-state index in [1.807, 2.05) is 49.4 Å². The molecule has 1 unspecified atom stereocenters. The molecular weight excluding hydrogens is 1310 g/mol. The Balaban J connectivity index is 0.584. The lowest BCUT2D eigenvalue weighted by Gasteiger charge is -2.46. The Morgan fingerprint density at radius 1 is 0.747 bits per heavy atom. The summed E-state index contributed by atoms with van der Waals surface area (Å²) in [5, 5.41) is 30.5. The number of anilines is 1. The molecule has 2 aliphatic heterocycles. The number of benzene rings is 4. The molecule has 5 atom stereocenters. The monoisotopic (exact) mass is 1410 g/mol. The third-order valence-corrected chi connectivity index (χ3v) is 20.8. The number of unbranched alkanes of at least 4 members (excludes halogenated alkanes) is 7. The number of aliphatic hydroxyl groups excluding tert-OH is 2. The number of ketones is 3. The van der Waals surface area contributed by atoms with Crippen LogP contribution in [0.25, 0.3) is 34.3 Å². The number of carbonyl (C=O) groups excluding carboxylic acids is 5. The number of piperidine rings is 1. The third-order valence-electron chi connectivity index (χ3n) is 19.7. The Morgan fingerprint density at radius 2 is 1.39 bits per heavy atom. The fourth-order valence-electron chi connectivity index (χ4n) is 13.8. The third kappa shape index (κ3) is 20.3. The van der Waals surface area contributed by atoms with Gasteiger partial charge in [0.1, 0.15) is 48.1 Å². The van der Waals surface area contributed by atoms with E-state index in [0.717, 1.165) is 111 Å². The number of Topliss-reactive ketones (excluding diaryl/α,β-unsaturated/α-hetero) is 3. The van der Waals surface area contributed by atoms with Gasteiger partial charge in [-0.3, -0.25) is 33.4 Å². The van der Waals surface area contributed by atoms with Crippen LogP contribution >= 0.6 is 34.8 Å². The molecule has 3 fully saturated rings. The summed E-state index contributed by atoms with van der Waals surface area (Å²) in [5.74, 6) is 1.79. The summed E-state index contributed by atoms with van der Waals surface area (Å²) >= 11 is 18.9. The molecule has 0 bridgehead atoms. The zero-order valence-corrected chi connectivity index (χ0v) is 60.4. The van der Waals surface area contributed by atoms with Crippen molar-refractivity contribution in [3.05, 3.63) is 157 Å². The van der Waals surface area contributed by atoms with Gasteiger partial charge in [0.15, 0.2) is 29.0 Å². The molecule has 99 heavy (non-hydrogen) atoms. The summed E-state index contributed by atoms with van der Waals surface area (Å²) in [7, 11) is 0. The Bertz CT molecular complexity index is 3930. The largest absolute Gasteiger partial charge is 0.387 e. The number of halogens is 3. The number of nitrogens with zero attached hydrogens (tertiary/aromatic N) is 7. The number of likely N-dealkylation sites (tertiary alicyclic amines) is 1. The van der Waals surface area contributed by atoms with Crippen LogP contribution in [0.4, 0.5) is 5.82 Å². The van der Waals surface area contributed by atoms with Crippen LogP contribution in [0.5, 0.6) is 0 Å². The van der Waals surface area contributed by atoms with Gasteiger partial charge in [0.25, 0.3) is 0 Å². The number of hydrogen-bond acceptors (Lipinski definition) is 14. The average Bonchev–Trinajstić information content (AvgIpc) is 1.70. The van der Waals surface area contributed by atoms with Crippen molar-refractivity contribution in [2.45, 2.75) is 218 Å². The van der Waals surface area contributed by atoms with E-state index >= 15 is 0 Å². The predicted octanol–water partition coefficient (Wildman–Crippen LogP) is 14.7. The van der Waals surface area contributed by atoms with E-state index in [1.54, 1.807) is 52.2 Å². The molecule has 10 rings (SSSR count). The minimum absolute atomic E-state index is 0.0330. The molecule has 5 heterocycles. The highest BCUT2D eigenvalue weighted by atomic mass is 35.5. The number of hydrogen-bond donors (Lipinski definition) is 5. The van der Waals surface area contributed by atoms with E-state index in [1.165, 1.54) is 11.9 Å². The summed E-state index contributed by atoms with van der Waals surface area (Å²) in [6.07, 6.45) is 17.1. The highest BCUT2D eigenvalue weighted by Crippen LogP contribution is 2.39. The molecule has 3 aliphatic rings. The van der Waals surface area contributed by atoms with E-state index in [2.05, 4.69) is 88.3 Å². The van der Waals surface area contributed by atoms with Crippen LogP contribution in [0.2, 0.25) is 15.1 Å². The number of imidazole rings is 2. The standard InChI is InChI=1S/C78H97Cl3N10O8/c1-49(2)90(58-39-54(40-58)29-34-68-86-64-33-30-57(78(4,5)6)43-65(64)87-68)46-67-72(96)73(97)77(99-67)91-48-85-70-74(83-47-84-75(70)91)82-35-18-12-16-23-60(93)25-19-24-59(92)22-15-9-7-8-10-17-26-69(94)88-66(42-51-20-13-11-14-21-51)76(98)89-44-55(37-52-27-31-61(79)50(3)36-52)71(95)56(45-89)38-53-28-32-62(80)63(81)41-53/h11,13-14,20-21,27-28,30-33,36-38,41,43,47-49,54,58,66-67,72-73,77,96-97H,7-10,12,15-19,22-26,29,34-35,39-40,42,44-46H2,1-6H3,(H,86,87)(H,88,94)(H,82,83,84)/b55-37+,56-38+/t54?,58?,66-,67-,72?,73+,77-/m1/s1. The second-order valence-electron chi connectivity index (χ2n) is 28.7. The lowest BCUT2D eigenvalue weighted by Crippen LogP contribution is -2.52. The molecule has 528 valence electrons. The molecule has 21 heteroatoms. The van der Waals surface area contributed by atoms with Gasteiger partial charge in [0.2, 0.25) is 11.8 Å².